The van der Waals surface area contributed by atoms with Crippen molar-refractivity contribution in [2.24, 2.45) is 0 Å². The van der Waals surface area contributed by atoms with Gasteiger partial charge in [-0.25, -0.2) is 4.39 Å². The number of rotatable bonds is 2. The maximum Gasteiger partial charge on any atom is 0.155 e. The van der Waals surface area contributed by atoms with Gasteiger partial charge in [0.25, 0.3) is 0 Å². The predicted octanol–water partition coefficient (Wildman–Crippen LogP) is 4.54. The molecule has 0 fully saturated rings. The van der Waals surface area contributed by atoms with Crippen molar-refractivity contribution in [3.05, 3.63) is 82.7 Å². The number of allylic oxidation sites excluding steroid dienone is 2. The normalized spacial score (nSPS) is 23.0. The van der Waals surface area contributed by atoms with Gasteiger partial charge in [0.15, 0.2) is 5.78 Å². The van der Waals surface area contributed by atoms with E-state index in [2.05, 4.69) is 24.3 Å². The molecule has 1 nitrogen and oxygen atoms in total. The fourth-order valence-electron chi connectivity index (χ4n) is 4.27. The Labute approximate surface area is 135 Å². The van der Waals surface area contributed by atoms with Gasteiger partial charge in [-0.05, 0) is 60.6 Å². The molecule has 2 aromatic carbocycles. The summed E-state index contributed by atoms with van der Waals surface area (Å²) in [6, 6.07) is 15.6. The lowest BCUT2D eigenvalue weighted by Crippen LogP contribution is -2.39. The summed E-state index contributed by atoms with van der Waals surface area (Å²) in [5, 5.41) is 0. The number of hydrogen-bond acceptors (Lipinski definition) is 1. The van der Waals surface area contributed by atoms with Crippen LogP contribution in [-0.2, 0) is 23.1 Å². The highest BCUT2D eigenvalue weighted by atomic mass is 19.1. The van der Waals surface area contributed by atoms with E-state index >= 15 is 0 Å². The standard InChI is InChI=1S/C21H19FO/c22-18-8-9-20-16(12-18)6-7-17-13-19(23)10-11-21(17,20)14-15-4-2-1-3-5-15/h1-5,8-9,12-13H,6-7,10-11,14H2. The van der Waals surface area contributed by atoms with E-state index in [0.717, 1.165) is 31.2 Å². The van der Waals surface area contributed by atoms with Crippen molar-refractivity contribution >= 4 is 5.78 Å². The fraction of sp³-hybridized carbons (Fsp3) is 0.286. The third kappa shape index (κ3) is 2.42. The monoisotopic (exact) mass is 306 g/mol. The van der Waals surface area contributed by atoms with Crippen LogP contribution in [0.5, 0.6) is 0 Å². The number of ketones is 1. The van der Waals surface area contributed by atoms with Crippen LogP contribution in [-0.4, -0.2) is 5.78 Å². The first-order chi connectivity index (χ1) is 11.2. The molecule has 1 atom stereocenters. The molecule has 0 radical (unpaired) electrons. The molecule has 2 heteroatoms. The summed E-state index contributed by atoms with van der Waals surface area (Å²) in [4.78, 5) is 11.9. The lowest BCUT2D eigenvalue weighted by Gasteiger charge is -2.44. The van der Waals surface area contributed by atoms with E-state index in [1.165, 1.54) is 16.7 Å². The Balaban J connectivity index is 1.88. The second-order valence-electron chi connectivity index (χ2n) is 6.68. The van der Waals surface area contributed by atoms with Crippen molar-refractivity contribution in [3.63, 3.8) is 0 Å². The van der Waals surface area contributed by atoms with Crippen LogP contribution in [0.1, 0.15) is 36.0 Å². The Morgan fingerprint density at radius 1 is 1.00 bits per heavy atom. The molecular weight excluding hydrogens is 287 g/mol. The van der Waals surface area contributed by atoms with Crippen LogP contribution < -0.4 is 0 Å². The van der Waals surface area contributed by atoms with Crippen LogP contribution in [0.3, 0.4) is 0 Å². The summed E-state index contributed by atoms with van der Waals surface area (Å²) >= 11 is 0. The smallest absolute Gasteiger partial charge is 0.155 e. The number of fused-ring (bicyclic) bond motifs is 3. The molecule has 2 aromatic rings. The van der Waals surface area contributed by atoms with E-state index in [9.17, 15) is 9.18 Å². The van der Waals surface area contributed by atoms with E-state index in [-0.39, 0.29) is 17.0 Å². The number of carbonyl (C=O) groups excluding carboxylic acids is 1. The molecule has 0 bridgehead atoms. The summed E-state index contributed by atoms with van der Waals surface area (Å²) < 4.78 is 13.7. The molecule has 0 aliphatic heterocycles. The van der Waals surface area contributed by atoms with Gasteiger partial charge in [0.1, 0.15) is 5.82 Å². The predicted molar refractivity (Wildman–Crippen MR) is 88.9 cm³/mol. The van der Waals surface area contributed by atoms with Gasteiger partial charge in [0, 0.05) is 11.8 Å². The third-order valence-corrected chi connectivity index (χ3v) is 5.34. The summed E-state index contributed by atoms with van der Waals surface area (Å²) in [7, 11) is 0. The molecule has 0 amide bonds. The van der Waals surface area contributed by atoms with Crippen LogP contribution in [0.15, 0.2) is 60.2 Å². The topological polar surface area (TPSA) is 17.1 Å². The maximum atomic E-state index is 13.7. The van der Waals surface area contributed by atoms with Gasteiger partial charge in [-0.3, -0.25) is 4.79 Å². The molecule has 2 aliphatic rings. The molecule has 0 N–H and O–H groups in total. The van der Waals surface area contributed by atoms with Gasteiger partial charge in [0.05, 0.1) is 0 Å². The van der Waals surface area contributed by atoms with Crippen LogP contribution in [0, 0.1) is 5.82 Å². The Kier molecular flexibility index (Phi) is 3.41. The fourth-order valence-corrected chi connectivity index (χ4v) is 4.27. The molecule has 0 heterocycles. The highest BCUT2D eigenvalue weighted by Gasteiger charge is 2.42. The zero-order chi connectivity index (χ0) is 15.9. The molecule has 1 unspecified atom stereocenters. The zero-order valence-corrected chi connectivity index (χ0v) is 13.0. The van der Waals surface area contributed by atoms with Crippen molar-refractivity contribution in [3.8, 4) is 0 Å². The minimum absolute atomic E-state index is 0.142. The third-order valence-electron chi connectivity index (χ3n) is 5.34. The number of aryl methyl sites for hydroxylation is 1. The second kappa shape index (κ2) is 5.45. The highest BCUT2D eigenvalue weighted by molar-refractivity contribution is 5.92. The van der Waals surface area contributed by atoms with Crippen molar-refractivity contribution < 1.29 is 9.18 Å². The average Bonchev–Trinajstić information content (AvgIpc) is 2.56. The Hall–Kier alpha value is -2.22. The van der Waals surface area contributed by atoms with Crippen LogP contribution in [0.2, 0.25) is 0 Å². The summed E-state index contributed by atoms with van der Waals surface area (Å²) in [5.41, 5.74) is 4.68. The molecule has 4 rings (SSSR count). The molecule has 2 aliphatic carbocycles. The molecule has 116 valence electrons. The first kappa shape index (κ1) is 14.4. The highest BCUT2D eigenvalue weighted by Crippen LogP contribution is 2.48. The van der Waals surface area contributed by atoms with E-state index in [0.29, 0.717) is 6.42 Å². The first-order valence-corrected chi connectivity index (χ1v) is 8.24. The van der Waals surface area contributed by atoms with E-state index in [4.69, 9.17) is 0 Å². The quantitative estimate of drug-likeness (QED) is 0.796. The summed E-state index contributed by atoms with van der Waals surface area (Å²) in [5.74, 6) is 0.0622. The molecule has 0 saturated heterocycles. The van der Waals surface area contributed by atoms with Gasteiger partial charge in [0.2, 0.25) is 0 Å². The maximum absolute atomic E-state index is 13.7. The number of hydrogen-bond donors (Lipinski definition) is 0. The van der Waals surface area contributed by atoms with Gasteiger partial charge >= 0.3 is 0 Å². The minimum Gasteiger partial charge on any atom is -0.295 e. The average molecular weight is 306 g/mol. The largest absolute Gasteiger partial charge is 0.295 e. The lowest BCUT2D eigenvalue weighted by atomic mass is 9.59. The first-order valence-electron chi connectivity index (χ1n) is 8.24. The number of benzene rings is 2. The van der Waals surface area contributed by atoms with Crippen LogP contribution in [0.25, 0.3) is 0 Å². The van der Waals surface area contributed by atoms with Crippen LogP contribution in [0.4, 0.5) is 4.39 Å². The lowest BCUT2D eigenvalue weighted by molar-refractivity contribution is -0.115. The van der Waals surface area contributed by atoms with E-state index in [1.54, 1.807) is 12.1 Å². The molecule has 0 saturated carbocycles. The van der Waals surface area contributed by atoms with Crippen molar-refractivity contribution in [2.45, 2.75) is 37.5 Å². The van der Waals surface area contributed by atoms with Crippen molar-refractivity contribution in [1.82, 2.24) is 0 Å². The molecule has 0 spiro atoms. The Morgan fingerprint density at radius 2 is 1.83 bits per heavy atom. The van der Waals surface area contributed by atoms with E-state index in [1.807, 2.05) is 18.2 Å². The number of carbonyl (C=O) groups is 1. The number of halogens is 1. The van der Waals surface area contributed by atoms with E-state index < -0.39 is 0 Å². The summed E-state index contributed by atoms with van der Waals surface area (Å²) in [6.45, 7) is 0. The molecular formula is C21H19FO. The Bertz CT molecular complexity index is 791. The van der Waals surface area contributed by atoms with Crippen LogP contribution >= 0.6 is 0 Å². The second-order valence-corrected chi connectivity index (χ2v) is 6.68. The van der Waals surface area contributed by atoms with Gasteiger partial charge in [-0.2, -0.15) is 0 Å². The SMILES string of the molecule is O=C1C=C2CCc3cc(F)ccc3C2(Cc2ccccc2)CC1. The van der Waals surface area contributed by atoms with Gasteiger partial charge < -0.3 is 0 Å². The van der Waals surface area contributed by atoms with Crippen molar-refractivity contribution in [1.29, 1.82) is 0 Å². The molecule has 0 aromatic heterocycles. The van der Waals surface area contributed by atoms with Crippen molar-refractivity contribution in [2.75, 3.05) is 0 Å². The Morgan fingerprint density at radius 3 is 2.65 bits per heavy atom. The van der Waals surface area contributed by atoms with Gasteiger partial charge in [-0.15, -0.1) is 0 Å². The van der Waals surface area contributed by atoms with Gasteiger partial charge in [-0.1, -0.05) is 42.0 Å². The summed E-state index contributed by atoms with van der Waals surface area (Å²) in [6.07, 6.45) is 5.82. The zero-order valence-electron chi connectivity index (χ0n) is 13.0. The minimum atomic E-state index is -0.169. The molecule has 23 heavy (non-hydrogen) atoms.